The van der Waals surface area contributed by atoms with Crippen LogP contribution in [0.4, 0.5) is 0 Å². The van der Waals surface area contributed by atoms with Crippen molar-refractivity contribution >= 4 is 16.8 Å². The lowest BCUT2D eigenvalue weighted by Crippen LogP contribution is -2.39. The van der Waals surface area contributed by atoms with E-state index in [1.165, 1.54) is 16.5 Å². The fraction of sp³-hybridized carbons (Fsp3) is 0.500. The molecule has 1 aromatic carbocycles. The number of hydrogen-bond donors (Lipinski definition) is 2. The Morgan fingerprint density at radius 1 is 1.18 bits per heavy atom. The number of para-hydroxylation sites is 1. The van der Waals surface area contributed by atoms with Crippen LogP contribution in [0.15, 0.2) is 30.5 Å². The lowest BCUT2D eigenvalue weighted by molar-refractivity contribution is -0.130. The quantitative estimate of drug-likeness (QED) is 0.700. The maximum absolute atomic E-state index is 12.2. The van der Waals surface area contributed by atoms with Crippen LogP contribution in [-0.4, -0.2) is 42.0 Å². The third-order valence-corrected chi connectivity index (χ3v) is 3.86. The van der Waals surface area contributed by atoms with Gasteiger partial charge in [-0.15, -0.1) is 0 Å². The zero-order valence-corrected chi connectivity index (χ0v) is 13.7. The summed E-state index contributed by atoms with van der Waals surface area (Å²) in [5, 5.41) is 4.55. The number of aromatic nitrogens is 1. The number of fused-ring (bicyclic) bond motifs is 1. The van der Waals surface area contributed by atoms with Gasteiger partial charge < -0.3 is 15.2 Å². The van der Waals surface area contributed by atoms with Crippen molar-refractivity contribution in [1.82, 2.24) is 15.2 Å². The molecule has 0 spiro atoms. The molecule has 2 N–H and O–H groups in total. The second-order valence-corrected chi connectivity index (χ2v) is 5.67. The number of hydrogen-bond acceptors (Lipinski definition) is 2. The van der Waals surface area contributed by atoms with Crippen LogP contribution in [-0.2, 0) is 11.2 Å². The van der Waals surface area contributed by atoms with Crippen molar-refractivity contribution in [3.8, 4) is 0 Å². The lowest BCUT2D eigenvalue weighted by atomic mass is 10.1. The van der Waals surface area contributed by atoms with Crippen molar-refractivity contribution in [2.45, 2.75) is 33.1 Å². The summed E-state index contributed by atoms with van der Waals surface area (Å²) in [4.78, 5) is 17.4. The number of aromatic amines is 1. The van der Waals surface area contributed by atoms with E-state index < -0.39 is 0 Å². The number of carbonyl (C=O) groups is 1. The SMILES string of the molecule is CCCN(CCC)C(=O)CNCCc1c[nH]c2ccccc12. The summed E-state index contributed by atoms with van der Waals surface area (Å²) in [5.41, 5.74) is 2.47. The average molecular weight is 301 g/mol. The highest BCUT2D eigenvalue weighted by molar-refractivity contribution is 5.83. The Kier molecular flexibility index (Phi) is 6.46. The number of nitrogens with one attached hydrogen (secondary N) is 2. The summed E-state index contributed by atoms with van der Waals surface area (Å²) in [6, 6.07) is 8.32. The summed E-state index contributed by atoms with van der Waals surface area (Å²) < 4.78 is 0. The van der Waals surface area contributed by atoms with E-state index in [1.54, 1.807) is 0 Å². The molecule has 0 saturated heterocycles. The van der Waals surface area contributed by atoms with Gasteiger partial charge in [-0.05, 0) is 37.4 Å². The minimum absolute atomic E-state index is 0.211. The van der Waals surface area contributed by atoms with Crippen molar-refractivity contribution in [2.24, 2.45) is 0 Å². The third kappa shape index (κ3) is 4.34. The molecule has 1 aromatic heterocycles. The van der Waals surface area contributed by atoms with Crippen LogP contribution in [0.3, 0.4) is 0 Å². The molecule has 2 aromatic rings. The third-order valence-electron chi connectivity index (χ3n) is 3.86. The van der Waals surface area contributed by atoms with Gasteiger partial charge in [-0.2, -0.15) is 0 Å². The van der Waals surface area contributed by atoms with Crippen molar-refractivity contribution in [3.63, 3.8) is 0 Å². The van der Waals surface area contributed by atoms with Crippen LogP contribution < -0.4 is 5.32 Å². The molecule has 120 valence electrons. The van der Waals surface area contributed by atoms with E-state index in [-0.39, 0.29) is 5.91 Å². The standard InChI is InChI=1S/C18H27N3O/c1-3-11-21(12-4-2)18(22)14-19-10-9-15-13-20-17-8-6-5-7-16(15)17/h5-8,13,19-20H,3-4,9-12,14H2,1-2H3. The first-order valence-corrected chi connectivity index (χ1v) is 8.29. The summed E-state index contributed by atoms with van der Waals surface area (Å²) in [6.07, 6.45) is 5.02. The normalized spacial score (nSPS) is 11.0. The minimum atomic E-state index is 0.211. The van der Waals surface area contributed by atoms with E-state index in [0.29, 0.717) is 6.54 Å². The summed E-state index contributed by atoms with van der Waals surface area (Å²) >= 11 is 0. The monoisotopic (exact) mass is 301 g/mol. The molecular weight excluding hydrogens is 274 g/mol. The van der Waals surface area contributed by atoms with Gasteiger partial charge in [0.25, 0.3) is 0 Å². The van der Waals surface area contributed by atoms with E-state index >= 15 is 0 Å². The number of H-pyrrole nitrogens is 1. The largest absolute Gasteiger partial charge is 0.361 e. The Morgan fingerprint density at radius 2 is 1.91 bits per heavy atom. The van der Waals surface area contributed by atoms with Gasteiger partial charge in [0.1, 0.15) is 0 Å². The zero-order valence-electron chi connectivity index (χ0n) is 13.7. The number of carbonyl (C=O) groups excluding carboxylic acids is 1. The Hall–Kier alpha value is -1.81. The van der Waals surface area contributed by atoms with Crippen LogP contribution in [0.5, 0.6) is 0 Å². The van der Waals surface area contributed by atoms with Crippen LogP contribution in [0.2, 0.25) is 0 Å². The smallest absolute Gasteiger partial charge is 0.236 e. The first-order chi connectivity index (χ1) is 10.8. The Labute approximate surface area is 132 Å². The summed E-state index contributed by atoms with van der Waals surface area (Å²) in [6.45, 7) is 7.19. The Morgan fingerprint density at radius 3 is 2.64 bits per heavy atom. The van der Waals surface area contributed by atoms with Gasteiger partial charge >= 0.3 is 0 Å². The van der Waals surface area contributed by atoms with Gasteiger partial charge in [0.15, 0.2) is 0 Å². The Balaban J connectivity index is 1.78. The van der Waals surface area contributed by atoms with E-state index in [0.717, 1.165) is 38.9 Å². The highest BCUT2D eigenvalue weighted by atomic mass is 16.2. The predicted molar refractivity (Wildman–Crippen MR) is 92.0 cm³/mol. The summed E-state index contributed by atoms with van der Waals surface area (Å²) in [7, 11) is 0. The van der Waals surface area contributed by atoms with Crippen LogP contribution in [0.25, 0.3) is 10.9 Å². The van der Waals surface area contributed by atoms with Crippen molar-refractivity contribution in [3.05, 3.63) is 36.0 Å². The van der Waals surface area contributed by atoms with Gasteiger partial charge in [0, 0.05) is 30.2 Å². The molecule has 4 heteroatoms. The predicted octanol–water partition coefficient (Wildman–Crippen LogP) is 2.95. The molecule has 1 heterocycles. The van der Waals surface area contributed by atoms with E-state index in [9.17, 15) is 4.79 Å². The molecule has 0 radical (unpaired) electrons. The van der Waals surface area contributed by atoms with Gasteiger partial charge in [-0.25, -0.2) is 0 Å². The highest BCUT2D eigenvalue weighted by Gasteiger charge is 2.10. The second-order valence-electron chi connectivity index (χ2n) is 5.67. The van der Waals surface area contributed by atoms with Crippen molar-refractivity contribution < 1.29 is 4.79 Å². The molecule has 0 saturated carbocycles. The molecule has 1 amide bonds. The van der Waals surface area contributed by atoms with Crippen LogP contribution in [0.1, 0.15) is 32.3 Å². The second kappa shape index (κ2) is 8.59. The molecule has 22 heavy (non-hydrogen) atoms. The molecule has 0 fully saturated rings. The first-order valence-electron chi connectivity index (χ1n) is 8.29. The van der Waals surface area contributed by atoms with Gasteiger partial charge in [0.05, 0.1) is 6.54 Å². The molecule has 0 aliphatic carbocycles. The number of amides is 1. The number of rotatable bonds is 9. The van der Waals surface area contributed by atoms with E-state index in [1.807, 2.05) is 11.0 Å². The fourth-order valence-corrected chi connectivity index (χ4v) is 2.77. The first kappa shape index (κ1) is 16.6. The van der Waals surface area contributed by atoms with E-state index in [4.69, 9.17) is 0 Å². The van der Waals surface area contributed by atoms with Gasteiger partial charge in [-0.1, -0.05) is 32.0 Å². The molecule has 0 aliphatic heterocycles. The maximum atomic E-state index is 12.2. The highest BCUT2D eigenvalue weighted by Crippen LogP contribution is 2.17. The molecule has 0 atom stereocenters. The molecule has 0 aliphatic rings. The topological polar surface area (TPSA) is 48.1 Å². The molecular formula is C18H27N3O. The molecule has 4 nitrogen and oxygen atoms in total. The average Bonchev–Trinajstić information content (AvgIpc) is 2.94. The van der Waals surface area contributed by atoms with Crippen LogP contribution >= 0.6 is 0 Å². The van der Waals surface area contributed by atoms with Crippen molar-refractivity contribution in [2.75, 3.05) is 26.2 Å². The van der Waals surface area contributed by atoms with Gasteiger partial charge in [-0.3, -0.25) is 4.79 Å². The van der Waals surface area contributed by atoms with Crippen LogP contribution in [0, 0.1) is 0 Å². The number of benzene rings is 1. The molecule has 0 bridgehead atoms. The zero-order chi connectivity index (χ0) is 15.8. The summed E-state index contributed by atoms with van der Waals surface area (Å²) in [5.74, 6) is 0.211. The fourth-order valence-electron chi connectivity index (χ4n) is 2.77. The Bertz CT molecular complexity index is 585. The molecule has 2 rings (SSSR count). The lowest BCUT2D eigenvalue weighted by Gasteiger charge is -2.21. The minimum Gasteiger partial charge on any atom is -0.361 e. The van der Waals surface area contributed by atoms with Crippen molar-refractivity contribution in [1.29, 1.82) is 0 Å². The molecule has 0 unspecified atom stereocenters. The van der Waals surface area contributed by atoms with E-state index in [2.05, 4.69) is 48.5 Å². The van der Waals surface area contributed by atoms with Gasteiger partial charge in [0.2, 0.25) is 5.91 Å². The number of nitrogens with zero attached hydrogens (tertiary/aromatic N) is 1. The maximum Gasteiger partial charge on any atom is 0.236 e.